The minimum Gasteiger partial charge on any atom is -0.460 e. The number of aliphatic imine (C=N–C) groups is 1. The molecule has 0 saturated carbocycles. The molecule has 1 aromatic rings. The molecule has 0 aliphatic carbocycles. The summed E-state index contributed by atoms with van der Waals surface area (Å²) >= 11 is 0. The molecule has 3 heteroatoms. The highest BCUT2D eigenvalue weighted by Gasteiger charge is 1.99. The molecule has 0 aromatic heterocycles. The maximum atomic E-state index is 10.5. The second-order valence-electron chi connectivity index (χ2n) is 3.22. The number of hydrogen-bond donors (Lipinski definition) is 0. The molecule has 0 heterocycles. The van der Waals surface area contributed by atoms with Gasteiger partial charge in [0.25, 0.3) is 0 Å². The van der Waals surface area contributed by atoms with Crippen LogP contribution in [0.15, 0.2) is 35.3 Å². The molecule has 0 N–H and O–H groups in total. The Balaban J connectivity index is 2.42. The van der Waals surface area contributed by atoms with E-state index < -0.39 is 0 Å². The Morgan fingerprint density at radius 1 is 1.47 bits per heavy atom. The van der Waals surface area contributed by atoms with E-state index in [0.717, 1.165) is 5.56 Å². The van der Waals surface area contributed by atoms with Gasteiger partial charge in [0.05, 0.1) is 6.04 Å². The van der Waals surface area contributed by atoms with E-state index in [1.165, 1.54) is 6.92 Å². The van der Waals surface area contributed by atoms with Gasteiger partial charge in [-0.05, 0) is 12.5 Å². The van der Waals surface area contributed by atoms with E-state index in [1.807, 2.05) is 37.3 Å². The third-order valence-corrected chi connectivity index (χ3v) is 1.97. The Bertz CT molecular complexity index is 333. The average molecular weight is 205 g/mol. The van der Waals surface area contributed by atoms with Crippen molar-refractivity contribution in [3.05, 3.63) is 35.9 Å². The van der Waals surface area contributed by atoms with Crippen molar-refractivity contribution in [3.8, 4) is 0 Å². The maximum absolute atomic E-state index is 10.5. The van der Waals surface area contributed by atoms with Crippen molar-refractivity contribution in [2.24, 2.45) is 4.99 Å². The van der Waals surface area contributed by atoms with Crippen molar-refractivity contribution in [2.45, 2.75) is 19.9 Å². The van der Waals surface area contributed by atoms with E-state index in [0.29, 0.717) is 0 Å². The number of carbonyl (C=O) groups excluding carboxylic acids is 1. The van der Waals surface area contributed by atoms with Crippen LogP contribution in [0.4, 0.5) is 0 Å². The third-order valence-electron chi connectivity index (χ3n) is 1.97. The summed E-state index contributed by atoms with van der Waals surface area (Å²) in [6, 6.07) is 10.1. The standard InChI is InChI=1S/C12H15NO2/c1-10(12-6-4-3-5-7-12)13-8-9-15-11(2)14/h3-8,10H,9H2,1-2H3/t10-/m0/s1. The Labute approximate surface area is 89.8 Å². The zero-order valence-electron chi connectivity index (χ0n) is 9.01. The summed E-state index contributed by atoms with van der Waals surface area (Å²) in [6.45, 7) is 3.63. The Morgan fingerprint density at radius 2 is 2.13 bits per heavy atom. The van der Waals surface area contributed by atoms with Crippen LogP contribution >= 0.6 is 0 Å². The van der Waals surface area contributed by atoms with E-state index in [4.69, 9.17) is 4.74 Å². The maximum Gasteiger partial charge on any atom is 0.302 e. The minimum atomic E-state index is -0.284. The lowest BCUT2D eigenvalue weighted by molar-refractivity contribution is -0.139. The predicted molar refractivity (Wildman–Crippen MR) is 60.0 cm³/mol. The monoisotopic (exact) mass is 205 g/mol. The summed E-state index contributed by atoms with van der Waals surface area (Å²) in [5, 5.41) is 0. The van der Waals surface area contributed by atoms with Crippen molar-refractivity contribution in [1.29, 1.82) is 0 Å². The van der Waals surface area contributed by atoms with Gasteiger partial charge in [-0.25, -0.2) is 0 Å². The zero-order chi connectivity index (χ0) is 11.1. The van der Waals surface area contributed by atoms with Gasteiger partial charge in [-0.1, -0.05) is 30.3 Å². The molecule has 15 heavy (non-hydrogen) atoms. The predicted octanol–water partition coefficient (Wildman–Crippen LogP) is 2.38. The van der Waals surface area contributed by atoms with E-state index in [9.17, 15) is 4.79 Å². The van der Waals surface area contributed by atoms with Crippen molar-refractivity contribution < 1.29 is 9.53 Å². The topological polar surface area (TPSA) is 38.7 Å². The number of rotatable bonds is 4. The fraction of sp³-hybridized carbons (Fsp3) is 0.333. The lowest BCUT2D eigenvalue weighted by atomic mass is 10.1. The molecule has 0 aliphatic rings. The molecule has 80 valence electrons. The van der Waals surface area contributed by atoms with Gasteiger partial charge >= 0.3 is 5.97 Å². The summed E-state index contributed by atoms with van der Waals surface area (Å²) in [7, 11) is 0. The molecule has 0 unspecified atom stereocenters. The summed E-state index contributed by atoms with van der Waals surface area (Å²) in [5.74, 6) is -0.284. The number of benzene rings is 1. The van der Waals surface area contributed by atoms with Crippen molar-refractivity contribution in [3.63, 3.8) is 0 Å². The van der Waals surface area contributed by atoms with E-state index in [2.05, 4.69) is 4.99 Å². The van der Waals surface area contributed by atoms with Crippen LogP contribution in [0.1, 0.15) is 25.5 Å². The van der Waals surface area contributed by atoms with Gasteiger partial charge in [0.2, 0.25) is 0 Å². The molecular weight excluding hydrogens is 190 g/mol. The van der Waals surface area contributed by atoms with Crippen molar-refractivity contribution in [2.75, 3.05) is 6.61 Å². The smallest absolute Gasteiger partial charge is 0.302 e. The van der Waals surface area contributed by atoms with Gasteiger partial charge in [-0.15, -0.1) is 0 Å². The molecule has 0 aliphatic heterocycles. The lowest BCUT2D eigenvalue weighted by Gasteiger charge is -2.05. The fourth-order valence-corrected chi connectivity index (χ4v) is 1.17. The molecule has 0 fully saturated rings. The average Bonchev–Trinajstić information content (AvgIpc) is 2.25. The molecule has 1 atom stereocenters. The second kappa shape index (κ2) is 5.96. The third kappa shape index (κ3) is 4.40. The molecule has 0 saturated heterocycles. The number of carbonyl (C=O) groups is 1. The number of esters is 1. The van der Waals surface area contributed by atoms with Gasteiger partial charge in [0.1, 0.15) is 6.61 Å². The largest absolute Gasteiger partial charge is 0.460 e. The molecular formula is C12H15NO2. The van der Waals surface area contributed by atoms with Crippen LogP contribution in [-0.2, 0) is 9.53 Å². The summed E-state index contributed by atoms with van der Waals surface area (Å²) in [5.41, 5.74) is 1.15. The molecule has 0 amide bonds. The van der Waals surface area contributed by atoms with Crippen LogP contribution < -0.4 is 0 Å². The SMILES string of the molecule is CC(=O)OCC=N[C@@H](C)c1ccccc1. The van der Waals surface area contributed by atoms with Crippen LogP contribution in [0.5, 0.6) is 0 Å². The number of ether oxygens (including phenoxy) is 1. The van der Waals surface area contributed by atoms with Crippen LogP contribution in [0.3, 0.4) is 0 Å². The first-order valence-corrected chi connectivity index (χ1v) is 4.90. The van der Waals surface area contributed by atoms with Gasteiger partial charge in [-0.3, -0.25) is 9.79 Å². The van der Waals surface area contributed by atoms with Crippen molar-refractivity contribution in [1.82, 2.24) is 0 Å². The Hall–Kier alpha value is -1.64. The second-order valence-corrected chi connectivity index (χ2v) is 3.22. The van der Waals surface area contributed by atoms with E-state index in [1.54, 1.807) is 6.21 Å². The zero-order valence-corrected chi connectivity index (χ0v) is 9.01. The van der Waals surface area contributed by atoms with Crippen LogP contribution in [-0.4, -0.2) is 18.8 Å². The summed E-state index contributed by atoms with van der Waals surface area (Å²) in [4.78, 5) is 14.7. The quantitative estimate of drug-likeness (QED) is 0.559. The van der Waals surface area contributed by atoms with Crippen molar-refractivity contribution >= 4 is 12.2 Å². The highest BCUT2D eigenvalue weighted by Crippen LogP contribution is 2.14. The molecule has 0 radical (unpaired) electrons. The highest BCUT2D eigenvalue weighted by molar-refractivity contribution is 5.69. The van der Waals surface area contributed by atoms with Gasteiger partial charge in [0, 0.05) is 13.1 Å². The number of nitrogens with zero attached hydrogens (tertiary/aromatic N) is 1. The Kier molecular flexibility index (Phi) is 4.54. The van der Waals surface area contributed by atoms with E-state index in [-0.39, 0.29) is 18.6 Å². The first-order valence-electron chi connectivity index (χ1n) is 4.90. The highest BCUT2D eigenvalue weighted by atomic mass is 16.5. The normalized spacial score (nSPS) is 12.7. The first kappa shape index (κ1) is 11.4. The van der Waals surface area contributed by atoms with Gasteiger partial charge in [-0.2, -0.15) is 0 Å². The van der Waals surface area contributed by atoms with Gasteiger partial charge < -0.3 is 4.74 Å². The fourth-order valence-electron chi connectivity index (χ4n) is 1.17. The van der Waals surface area contributed by atoms with Crippen LogP contribution in [0, 0.1) is 0 Å². The molecule has 3 nitrogen and oxygen atoms in total. The van der Waals surface area contributed by atoms with Crippen LogP contribution in [0.2, 0.25) is 0 Å². The molecule has 0 spiro atoms. The Morgan fingerprint density at radius 3 is 2.73 bits per heavy atom. The van der Waals surface area contributed by atoms with Gasteiger partial charge in [0.15, 0.2) is 0 Å². The van der Waals surface area contributed by atoms with Crippen LogP contribution in [0.25, 0.3) is 0 Å². The van der Waals surface area contributed by atoms with E-state index >= 15 is 0 Å². The molecule has 0 bridgehead atoms. The first-order chi connectivity index (χ1) is 7.20. The summed E-state index contributed by atoms with van der Waals surface area (Å²) < 4.78 is 4.74. The summed E-state index contributed by atoms with van der Waals surface area (Å²) in [6.07, 6.45) is 1.62. The molecule has 1 aromatic carbocycles. The minimum absolute atomic E-state index is 0.0989. The lowest BCUT2D eigenvalue weighted by Crippen LogP contribution is -2.02. The molecule has 1 rings (SSSR count). The number of hydrogen-bond acceptors (Lipinski definition) is 3.